The van der Waals surface area contributed by atoms with E-state index in [-0.39, 0.29) is 12.4 Å². The molecule has 0 fully saturated rings. The van der Waals surface area contributed by atoms with Gasteiger partial charge in [0.2, 0.25) is 0 Å². The van der Waals surface area contributed by atoms with E-state index in [0.717, 1.165) is 0 Å². The van der Waals surface area contributed by atoms with Gasteiger partial charge in [-0.3, -0.25) is 9.59 Å². The van der Waals surface area contributed by atoms with Crippen molar-refractivity contribution in [2.75, 3.05) is 0 Å². The average molecular weight is 266 g/mol. The van der Waals surface area contributed by atoms with E-state index in [9.17, 15) is 9.59 Å². The molecule has 1 rings (SSSR count). The highest BCUT2D eigenvalue weighted by Crippen LogP contribution is 2.18. The van der Waals surface area contributed by atoms with Crippen LogP contribution in [0.15, 0.2) is 24.3 Å². The Morgan fingerprint density at radius 3 is 2.37 bits per heavy atom. The highest BCUT2D eigenvalue weighted by molar-refractivity contribution is 5.92. The van der Waals surface area contributed by atoms with Crippen molar-refractivity contribution in [3.63, 3.8) is 0 Å². The zero-order valence-corrected chi connectivity index (χ0v) is 11.3. The molecule has 0 aromatic heterocycles. The van der Waals surface area contributed by atoms with E-state index in [1.54, 1.807) is 45.0 Å². The minimum Gasteiger partial charge on any atom is -0.460 e. The fourth-order valence-electron chi connectivity index (χ4n) is 1.39. The molecule has 5 heteroatoms. The first-order chi connectivity index (χ1) is 8.81. The van der Waals surface area contributed by atoms with Gasteiger partial charge >= 0.3 is 11.9 Å². The van der Waals surface area contributed by atoms with Crippen LogP contribution in [0.1, 0.15) is 32.8 Å². The smallest absolute Gasteiger partial charge is 0.322 e. The molecule has 1 aromatic carbocycles. The second kappa shape index (κ2) is 6.33. The molecule has 0 radical (unpaired) electrons. The van der Waals surface area contributed by atoms with Gasteiger partial charge in [0, 0.05) is 5.56 Å². The van der Waals surface area contributed by atoms with Gasteiger partial charge in [0.25, 0.3) is 0 Å². The molecule has 0 heterocycles. The molecular formula is C14H18O5. The molecule has 5 nitrogen and oxygen atoms in total. The van der Waals surface area contributed by atoms with Crippen molar-refractivity contribution in [1.29, 1.82) is 0 Å². The van der Waals surface area contributed by atoms with Gasteiger partial charge in [0.1, 0.15) is 17.8 Å². The van der Waals surface area contributed by atoms with E-state index < -0.39 is 24.0 Å². The van der Waals surface area contributed by atoms with Gasteiger partial charge < -0.3 is 14.6 Å². The van der Waals surface area contributed by atoms with Crippen molar-refractivity contribution in [2.45, 2.75) is 39.4 Å². The number of hydrogen-bond acceptors (Lipinski definition) is 5. The zero-order chi connectivity index (χ0) is 14.5. The topological polar surface area (TPSA) is 72.8 Å². The number of hydrogen-bond donors (Lipinski definition) is 1. The number of aliphatic hydroxyl groups is 1. The molecule has 0 saturated carbocycles. The molecule has 0 spiro atoms. The lowest BCUT2D eigenvalue weighted by molar-refractivity contribution is -0.158. The maximum Gasteiger partial charge on any atom is 0.322 e. The van der Waals surface area contributed by atoms with E-state index in [2.05, 4.69) is 0 Å². The van der Waals surface area contributed by atoms with Gasteiger partial charge in [-0.05, 0) is 26.8 Å². The number of ether oxygens (including phenoxy) is 2. The van der Waals surface area contributed by atoms with Gasteiger partial charge in [-0.2, -0.15) is 0 Å². The predicted octanol–water partition coefficient (Wildman–Crippen LogP) is 1.82. The van der Waals surface area contributed by atoms with Crippen molar-refractivity contribution in [3.05, 3.63) is 29.8 Å². The average Bonchev–Trinajstić information content (AvgIpc) is 2.26. The van der Waals surface area contributed by atoms with Crippen molar-refractivity contribution in [1.82, 2.24) is 0 Å². The van der Waals surface area contributed by atoms with Crippen LogP contribution in [0.4, 0.5) is 0 Å². The molecule has 1 N–H and O–H groups in total. The number of benzene rings is 1. The SMILES string of the molecule is CC(C)(C)OC(=O)CC(=O)Oc1ccccc1CO. The normalized spacial score (nSPS) is 10.9. The Balaban J connectivity index is 2.58. The van der Waals surface area contributed by atoms with Gasteiger partial charge in [-0.1, -0.05) is 18.2 Å². The van der Waals surface area contributed by atoms with E-state index >= 15 is 0 Å². The monoisotopic (exact) mass is 266 g/mol. The number of esters is 2. The van der Waals surface area contributed by atoms with E-state index in [4.69, 9.17) is 14.6 Å². The van der Waals surface area contributed by atoms with Crippen LogP contribution in [0.3, 0.4) is 0 Å². The molecule has 0 atom stereocenters. The van der Waals surface area contributed by atoms with Crippen LogP contribution in [-0.4, -0.2) is 22.6 Å². The van der Waals surface area contributed by atoms with Crippen LogP contribution in [0.25, 0.3) is 0 Å². The quantitative estimate of drug-likeness (QED) is 0.511. The summed E-state index contributed by atoms with van der Waals surface area (Å²) >= 11 is 0. The summed E-state index contributed by atoms with van der Waals surface area (Å²) in [5, 5.41) is 9.08. The van der Waals surface area contributed by atoms with Crippen molar-refractivity contribution < 1.29 is 24.2 Å². The molecule has 0 aliphatic rings. The predicted molar refractivity (Wildman–Crippen MR) is 68.5 cm³/mol. The highest BCUT2D eigenvalue weighted by atomic mass is 16.6. The third kappa shape index (κ3) is 5.52. The Kier molecular flexibility index (Phi) is 5.06. The first kappa shape index (κ1) is 15.2. The maximum absolute atomic E-state index is 11.6. The zero-order valence-electron chi connectivity index (χ0n) is 11.3. The minimum absolute atomic E-state index is 0.240. The Bertz CT molecular complexity index is 459. The van der Waals surface area contributed by atoms with E-state index in [1.807, 2.05) is 0 Å². The summed E-state index contributed by atoms with van der Waals surface area (Å²) in [6, 6.07) is 6.58. The third-order valence-corrected chi connectivity index (χ3v) is 2.08. The molecule has 0 unspecified atom stereocenters. The van der Waals surface area contributed by atoms with Crippen molar-refractivity contribution in [3.8, 4) is 5.75 Å². The van der Waals surface area contributed by atoms with Crippen LogP contribution in [0.5, 0.6) is 5.75 Å². The third-order valence-electron chi connectivity index (χ3n) is 2.08. The van der Waals surface area contributed by atoms with Crippen LogP contribution < -0.4 is 4.74 Å². The van der Waals surface area contributed by atoms with Gasteiger partial charge in [0.15, 0.2) is 0 Å². The van der Waals surface area contributed by atoms with Crippen molar-refractivity contribution >= 4 is 11.9 Å². The van der Waals surface area contributed by atoms with Crippen LogP contribution in [0.2, 0.25) is 0 Å². The first-order valence-corrected chi connectivity index (χ1v) is 5.93. The van der Waals surface area contributed by atoms with Gasteiger partial charge in [-0.15, -0.1) is 0 Å². The number of carbonyl (C=O) groups excluding carboxylic acids is 2. The summed E-state index contributed by atoms with van der Waals surface area (Å²) in [5.74, 6) is -1.10. The minimum atomic E-state index is -0.713. The van der Waals surface area contributed by atoms with Gasteiger partial charge in [-0.25, -0.2) is 0 Å². The number of rotatable bonds is 4. The lowest BCUT2D eigenvalue weighted by atomic mass is 10.2. The maximum atomic E-state index is 11.6. The van der Waals surface area contributed by atoms with Crippen LogP contribution in [0, 0.1) is 0 Å². The molecule has 0 aliphatic heterocycles. The number of para-hydroxylation sites is 1. The molecule has 0 bridgehead atoms. The summed E-state index contributed by atoms with van der Waals surface area (Å²) < 4.78 is 10.0. The molecule has 0 saturated heterocycles. The number of carbonyl (C=O) groups is 2. The fraction of sp³-hybridized carbons (Fsp3) is 0.429. The summed E-state index contributed by atoms with van der Waals surface area (Å²) in [6.45, 7) is 4.92. The fourth-order valence-corrected chi connectivity index (χ4v) is 1.39. The lowest BCUT2D eigenvalue weighted by Crippen LogP contribution is -2.26. The molecule has 0 amide bonds. The highest BCUT2D eigenvalue weighted by Gasteiger charge is 2.20. The standard InChI is InChI=1S/C14H18O5/c1-14(2,3)19-13(17)8-12(16)18-11-7-5-4-6-10(11)9-15/h4-7,15H,8-9H2,1-3H3. The van der Waals surface area contributed by atoms with Crippen LogP contribution >= 0.6 is 0 Å². The van der Waals surface area contributed by atoms with Crippen LogP contribution in [-0.2, 0) is 20.9 Å². The summed E-state index contributed by atoms with van der Waals surface area (Å²) in [6.07, 6.45) is -0.461. The molecule has 19 heavy (non-hydrogen) atoms. The lowest BCUT2D eigenvalue weighted by Gasteiger charge is -2.19. The first-order valence-electron chi connectivity index (χ1n) is 5.93. The molecule has 0 aliphatic carbocycles. The van der Waals surface area contributed by atoms with Gasteiger partial charge in [0.05, 0.1) is 6.61 Å². The largest absolute Gasteiger partial charge is 0.460 e. The second-order valence-corrected chi connectivity index (χ2v) is 5.00. The number of aliphatic hydroxyl groups excluding tert-OH is 1. The summed E-state index contributed by atoms with van der Waals surface area (Å²) in [7, 11) is 0. The Morgan fingerprint density at radius 2 is 1.79 bits per heavy atom. The molecular weight excluding hydrogens is 248 g/mol. The van der Waals surface area contributed by atoms with E-state index in [0.29, 0.717) is 5.56 Å². The summed E-state index contributed by atoms with van der Waals surface area (Å²) in [4.78, 5) is 23.0. The summed E-state index contributed by atoms with van der Waals surface area (Å²) in [5.41, 5.74) is -0.152. The second-order valence-electron chi connectivity index (χ2n) is 5.00. The van der Waals surface area contributed by atoms with Crippen molar-refractivity contribution in [2.24, 2.45) is 0 Å². The molecule has 104 valence electrons. The Morgan fingerprint density at radius 1 is 1.16 bits per heavy atom. The Hall–Kier alpha value is -1.88. The Labute approximate surface area is 112 Å². The molecule has 1 aromatic rings. The van der Waals surface area contributed by atoms with E-state index in [1.165, 1.54) is 0 Å².